The predicted molar refractivity (Wildman–Crippen MR) is 119 cm³/mol. The highest BCUT2D eigenvalue weighted by Gasteiger charge is 2.04. The molecule has 0 unspecified atom stereocenters. The van der Waals surface area contributed by atoms with Crippen LogP contribution in [-0.2, 0) is 0 Å². The smallest absolute Gasteiger partial charge is 0.269 e. The van der Waals surface area contributed by atoms with Crippen LogP contribution < -0.4 is 0 Å². The fraction of sp³-hybridized carbons (Fsp3) is 0.300. The fourth-order valence-corrected chi connectivity index (χ4v) is 2.36. The van der Waals surface area contributed by atoms with Crippen LogP contribution in [0.1, 0.15) is 13.8 Å². The molecule has 0 aliphatic heterocycles. The third kappa shape index (κ3) is 7.89. The van der Waals surface area contributed by atoms with Gasteiger partial charge in [-0.05, 0) is 38.1 Å². The van der Waals surface area contributed by atoms with Gasteiger partial charge < -0.3 is 0 Å². The minimum Gasteiger partial charge on any atom is -0.275 e. The van der Waals surface area contributed by atoms with Crippen molar-refractivity contribution >= 4 is 22.7 Å². The molecule has 0 spiro atoms. The predicted octanol–water partition coefficient (Wildman–Crippen LogP) is 5.40. The molecule has 12 nitrogen and oxygen atoms in total. The number of nitro groups is 2. The Bertz CT molecular complexity index is 895. The summed E-state index contributed by atoms with van der Waals surface area (Å²) in [6.07, 6.45) is 3.87. The Balaban J connectivity index is 1.85. The first-order valence-electron chi connectivity index (χ1n) is 9.90. The normalized spacial score (nSPS) is 11.4. The fourth-order valence-electron chi connectivity index (χ4n) is 2.36. The van der Waals surface area contributed by atoms with E-state index in [0.29, 0.717) is 37.6 Å². The number of benzene rings is 2. The van der Waals surface area contributed by atoms with Crippen molar-refractivity contribution in [3.8, 4) is 0 Å². The molecule has 0 aliphatic rings. The molecule has 0 amide bonds. The molecule has 0 bridgehead atoms. The van der Waals surface area contributed by atoms with Crippen LogP contribution in [0.15, 0.2) is 81.4 Å². The molecule has 0 aromatic heterocycles. The largest absolute Gasteiger partial charge is 0.275 e. The molecule has 0 saturated carbocycles. The SMILES string of the molecule is CCN(C/C=C/CN(CC)N=Nc1ccc([N+](=O)[O-])cc1)N=Nc1ccc([N+](=O)[O-])cc1. The van der Waals surface area contributed by atoms with Crippen molar-refractivity contribution in [2.24, 2.45) is 20.7 Å². The number of rotatable bonds is 12. The quantitative estimate of drug-likeness (QED) is 0.187. The molecule has 0 N–H and O–H groups in total. The average molecular weight is 440 g/mol. The molecule has 0 atom stereocenters. The summed E-state index contributed by atoms with van der Waals surface area (Å²) in [5.41, 5.74) is 1.07. The summed E-state index contributed by atoms with van der Waals surface area (Å²) >= 11 is 0. The number of likely N-dealkylation sites (N-methyl/N-ethyl adjacent to an activating group) is 2. The van der Waals surface area contributed by atoms with Crippen molar-refractivity contribution in [3.05, 3.63) is 80.9 Å². The van der Waals surface area contributed by atoms with Crippen LogP contribution in [0.3, 0.4) is 0 Å². The maximum Gasteiger partial charge on any atom is 0.269 e. The second-order valence-corrected chi connectivity index (χ2v) is 6.41. The summed E-state index contributed by atoms with van der Waals surface area (Å²) in [5, 5.41) is 41.4. The first-order chi connectivity index (χ1) is 15.4. The van der Waals surface area contributed by atoms with Crippen LogP contribution in [0.25, 0.3) is 0 Å². The summed E-state index contributed by atoms with van der Waals surface area (Å²) in [4.78, 5) is 20.4. The molecule has 2 aromatic rings. The monoisotopic (exact) mass is 440 g/mol. The lowest BCUT2D eigenvalue weighted by atomic mass is 10.3. The molecule has 0 fully saturated rings. The minimum absolute atomic E-state index is 0.00503. The van der Waals surface area contributed by atoms with Crippen LogP contribution in [-0.4, -0.2) is 46.0 Å². The number of hydrogen-bond acceptors (Lipinski definition) is 8. The molecule has 2 rings (SSSR count). The molecule has 0 radical (unpaired) electrons. The van der Waals surface area contributed by atoms with E-state index in [0.717, 1.165) is 0 Å². The Morgan fingerprint density at radius 1 is 0.719 bits per heavy atom. The summed E-state index contributed by atoms with van der Waals surface area (Å²) in [5.74, 6) is 0. The molecule has 0 saturated heterocycles. The first-order valence-corrected chi connectivity index (χ1v) is 9.90. The third-order valence-electron chi connectivity index (χ3n) is 4.22. The molecule has 32 heavy (non-hydrogen) atoms. The molecule has 168 valence electrons. The van der Waals surface area contributed by atoms with Crippen LogP contribution in [0.2, 0.25) is 0 Å². The lowest BCUT2D eigenvalue weighted by Gasteiger charge is -2.14. The maximum absolute atomic E-state index is 10.7. The van der Waals surface area contributed by atoms with Crippen molar-refractivity contribution in [1.29, 1.82) is 0 Å². The van der Waals surface area contributed by atoms with Crippen molar-refractivity contribution in [1.82, 2.24) is 10.0 Å². The van der Waals surface area contributed by atoms with Crippen LogP contribution >= 0.6 is 0 Å². The second-order valence-electron chi connectivity index (χ2n) is 6.41. The maximum atomic E-state index is 10.7. The van der Waals surface area contributed by atoms with Gasteiger partial charge in [0.05, 0.1) is 34.3 Å². The van der Waals surface area contributed by atoms with Gasteiger partial charge in [0, 0.05) is 37.4 Å². The zero-order chi connectivity index (χ0) is 23.3. The zero-order valence-corrected chi connectivity index (χ0v) is 17.8. The summed E-state index contributed by atoms with van der Waals surface area (Å²) in [7, 11) is 0. The van der Waals surface area contributed by atoms with E-state index in [1.165, 1.54) is 24.3 Å². The lowest BCUT2D eigenvalue weighted by molar-refractivity contribution is -0.385. The average Bonchev–Trinajstić information content (AvgIpc) is 2.81. The number of nitro benzene ring substituents is 2. The third-order valence-corrected chi connectivity index (χ3v) is 4.22. The Morgan fingerprint density at radius 2 is 1.06 bits per heavy atom. The Morgan fingerprint density at radius 3 is 1.34 bits per heavy atom. The standard InChI is InChI=1S/C20H24N8O4/c1-3-25(23-21-17-7-11-19(12-8-17)27(29)30)15-5-6-16-26(4-2)24-22-18-9-13-20(14-10-18)28(31)32/h5-14H,3-4,15-16H2,1-2H3/b6-5+,23-21?,24-22?. The molecule has 12 heteroatoms. The summed E-state index contributed by atoms with van der Waals surface area (Å²) in [6.45, 7) is 6.23. The minimum atomic E-state index is -0.463. The van der Waals surface area contributed by atoms with E-state index in [4.69, 9.17) is 0 Å². The van der Waals surface area contributed by atoms with E-state index in [9.17, 15) is 20.2 Å². The van der Waals surface area contributed by atoms with Gasteiger partial charge in [-0.2, -0.15) is 0 Å². The Labute approximate surface area is 184 Å². The van der Waals surface area contributed by atoms with Gasteiger partial charge in [0.25, 0.3) is 11.4 Å². The van der Waals surface area contributed by atoms with Gasteiger partial charge in [-0.1, -0.05) is 22.6 Å². The second kappa shape index (κ2) is 12.5. The van der Waals surface area contributed by atoms with Crippen LogP contribution in [0, 0.1) is 20.2 Å². The van der Waals surface area contributed by atoms with Crippen molar-refractivity contribution in [2.75, 3.05) is 26.2 Å². The molecule has 2 aromatic carbocycles. The van der Waals surface area contributed by atoms with E-state index < -0.39 is 9.85 Å². The van der Waals surface area contributed by atoms with Gasteiger partial charge >= 0.3 is 0 Å². The molecule has 0 aliphatic carbocycles. The highest BCUT2D eigenvalue weighted by molar-refractivity contribution is 5.44. The van der Waals surface area contributed by atoms with Gasteiger partial charge in [0.15, 0.2) is 0 Å². The summed E-state index contributed by atoms with van der Waals surface area (Å²) in [6, 6.07) is 11.7. The van der Waals surface area contributed by atoms with E-state index >= 15 is 0 Å². The van der Waals surface area contributed by atoms with Crippen LogP contribution in [0.5, 0.6) is 0 Å². The van der Waals surface area contributed by atoms with Crippen molar-refractivity contribution < 1.29 is 9.85 Å². The Hall–Kier alpha value is -4.22. The van der Waals surface area contributed by atoms with Gasteiger partial charge in [0.2, 0.25) is 0 Å². The number of nitrogens with zero attached hydrogens (tertiary/aromatic N) is 8. The van der Waals surface area contributed by atoms with E-state index in [2.05, 4.69) is 20.7 Å². The van der Waals surface area contributed by atoms with E-state index in [1.807, 2.05) is 26.0 Å². The highest BCUT2D eigenvalue weighted by Crippen LogP contribution is 2.19. The highest BCUT2D eigenvalue weighted by atomic mass is 16.6. The topological polar surface area (TPSA) is 142 Å². The van der Waals surface area contributed by atoms with Crippen LogP contribution in [0.4, 0.5) is 22.7 Å². The summed E-state index contributed by atoms with van der Waals surface area (Å²) < 4.78 is 0. The van der Waals surface area contributed by atoms with Gasteiger partial charge in [-0.3, -0.25) is 30.2 Å². The van der Waals surface area contributed by atoms with E-state index in [-0.39, 0.29) is 11.4 Å². The van der Waals surface area contributed by atoms with Gasteiger partial charge in [-0.25, -0.2) is 0 Å². The molecule has 0 heterocycles. The lowest BCUT2D eigenvalue weighted by Crippen LogP contribution is -2.18. The number of non-ortho nitro benzene ring substituents is 2. The van der Waals surface area contributed by atoms with Crippen molar-refractivity contribution in [3.63, 3.8) is 0 Å². The van der Waals surface area contributed by atoms with E-state index in [1.54, 1.807) is 34.3 Å². The first kappa shape index (κ1) is 24.1. The Kier molecular flexibility index (Phi) is 9.37. The molecular formula is C20H24N8O4. The van der Waals surface area contributed by atoms with Gasteiger partial charge in [0.1, 0.15) is 0 Å². The number of hydrogen-bond donors (Lipinski definition) is 0. The zero-order valence-electron chi connectivity index (χ0n) is 17.8. The molecular weight excluding hydrogens is 416 g/mol. The van der Waals surface area contributed by atoms with Gasteiger partial charge in [-0.15, -0.1) is 10.2 Å². The van der Waals surface area contributed by atoms with Crippen molar-refractivity contribution in [2.45, 2.75) is 13.8 Å².